The number of pyridine rings is 1. The zero-order chi connectivity index (χ0) is 22.7. The second-order valence-electron chi connectivity index (χ2n) is 6.95. The van der Waals surface area contributed by atoms with E-state index in [1.165, 1.54) is 0 Å². The third-order valence-electron chi connectivity index (χ3n) is 5.00. The molecule has 1 heterocycles. The van der Waals surface area contributed by atoms with Gasteiger partial charge in [0.15, 0.2) is 11.5 Å². The van der Waals surface area contributed by atoms with Gasteiger partial charge in [0.2, 0.25) is 5.75 Å². The number of methoxy groups -OCH3 is 3. The Morgan fingerprint density at radius 2 is 1.59 bits per heavy atom. The molecule has 3 aromatic carbocycles. The number of carbonyl (C=O) groups excluding carboxylic acids is 1. The first kappa shape index (κ1) is 21.6. The van der Waals surface area contributed by atoms with E-state index in [1.54, 1.807) is 27.4 Å². The lowest BCUT2D eigenvalue weighted by Gasteiger charge is -2.15. The van der Waals surface area contributed by atoms with Gasteiger partial charge in [0.1, 0.15) is 0 Å². The molecule has 162 valence electrons. The number of amides is 1. The smallest absolute Gasteiger partial charge is 0.256 e. The molecule has 4 aromatic rings. The maximum Gasteiger partial charge on any atom is 0.256 e. The molecule has 0 fully saturated rings. The Hall–Kier alpha value is -3.58. The van der Waals surface area contributed by atoms with Gasteiger partial charge in [0.25, 0.3) is 5.91 Å². The van der Waals surface area contributed by atoms with Gasteiger partial charge in [-0.25, -0.2) is 4.98 Å². The minimum atomic E-state index is -0.226. The maximum atomic E-state index is 13.2. The molecule has 1 N–H and O–H groups in total. The summed E-state index contributed by atoms with van der Waals surface area (Å²) in [6.45, 7) is 0. The number of para-hydroxylation sites is 1. The number of benzene rings is 3. The monoisotopic (exact) mass is 492 g/mol. The Labute approximate surface area is 194 Å². The van der Waals surface area contributed by atoms with Gasteiger partial charge in [0, 0.05) is 21.1 Å². The quantitative estimate of drug-likeness (QED) is 0.360. The van der Waals surface area contributed by atoms with Crippen molar-refractivity contribution in [2.45, 2.75) is 0 Å². The zero-order valence-corrected chi connectivity index (χ0v) is 19.4. The molecule has 6 nitrogen and oxygen atoms in total. The van der Waals surface area contributed by atoms with Crippen molar-refractivity contribution in [1.82, 2.24) is 4.98 Å². The van der Waals surface area contributed by atoms with E-state index in [4.69, 9.17) is 19.2 Å². The topological polar surface area (TPSA) is 69.7 Å². The SMILES string of the molecule is COc1cc(-c2cc(C(=O)Nc3cccc(Br)c3)c3ccccc3n2)cc(OC)c1OC. The van der Waals surface area contributed by atoms with Crippen molar-refractivity contribution in [1.29, 1.82) is 0 Å². The lowest BCUT2D eigenvalue weighted by atomic mass is 10.0. The molecule has 0 radical (unpaired) electrons. The second kappa shape index (κ2) is 9.28. The normalized spacial score (nSPS) is 10.6. The van der Waals surface area contributed by atoms with Crippen LogP contribution >= 0.6 is 15.9 Å². The highest BCUT2D eigenvalue weighted by Crippen LogP contribution is 2.41. The second-order valence-corrected chi connectivity index (χ2v) is 7.87. The van der Waals surface area contributed by atoms with Crippen molar-refractivity contribution in [2.75, 3.05) is 26.6 Å². The predicted molar refractivity (Wildman–Crippen MR) is 129 cm³/mol. The number of anilines is 1. The third kappa shape index (κ3) is 4.24. The molecule has 0 aliphatic carbocycles. The van der Waals surface area contributed by atoms with Crippen LogP contribution in [0.5, 0.6) is 17.2 Å². The Balaban J connectivity index is 1.85. The number of hydrogen-bond acceptors (Lipinski definition) is 5. The fraction of sp³-hybridized carbons (Fsp3) is 0.120. The minimum absolute atomic E-state index is 0.226. The van der Waals surface area contributed by atoms with Crippen LogP contribution < -0.4 is 19.5 Å². The molecular weight excluding hydrogens is 472 g/mol. The highest BCUT2D eigenvalue weighted by atomic mass is 79.9. The van der Waals surface area contributed by atoms with Crippen LogP contribution in [-0.4, -0.2) is 32.2 Å². The summed E-state index contributed by atoms with van der Waals surface area (Å²) < 4.78 is 17.3. The molecule has 0 atom stereocenters. The van der Waals surface area contributed by atoms with Crippen LogP contribution in [0, 0.1) is 0 Å². The number of nitrogens with one attached hydrogen (secondary N) is 1. The molecule has 4 rings (SSSR count). The Bertz CT molecular complexity index is 1280. The van der Waals surface area contributed by atoms with Crippen LogP contribution in [0.2, 0.25) is 0 Å². The highest BCUT2D eigenvalue weighted by Gasteiger charge is 2.18. The van der Waals surface area contributed by atoms with Gasteiger partial charge in [-0.2, -0.15) is 0 Å². The fourth-order valence-corrected chi connectivity index (χ4v) is 3.90. The van der Waals surface area contributed by atoms with Crippen LogP contribution in [-0.2, 0) is 0 Å². The lowest BCUT2D eigenvalue weighted by molar-refractivity contribution is 0.102. The molecule has 0 aliphatic heterocycles. The number of aromatic nitrogens is 1. The maximum absolute atomic E-state index is 13.2. The van der Waals surface area contributed by atoms with Gasteiger partial charge in [-0.05, 0) is 42.5 Å². The van der Waals surface area contributed by atoms with E-state index in [-0.39, 0.29) is 5.91 Å². The van der Waals surface area contributed by atoms with E-state index in [0.717, 1.165) is 15.4 Å². The van der Waals surface area contributed by atoms with Crippen molar-refractivity contribution in [3.8, 4) is 28.5 Å². The third-order valence-corrected chi connectivity index (χ3v) is 5.50. The molecule has 0 unspecified atom stereocenters. The molecular formula is C25H21BrN2O4. The number of hydrogen-bond donors (Lipinski definition) is 1. The van der Waals surface area contributed by atoms with E-state index < -0.39 is 0 Å². The number of ether oxygens (including phenoxy) is 3. The first-order chi connectivity index (χ1) is 15.5. The molecule has 1 aromatic heterocycles. The molecule has 0 saturated heterocycles. The minimum Gasteiger partial charge on any atom is -0.493 e. The van der Waals surface area contributed by atoms with Crippen LogP contribution in [0.15, 0.2) is 71.2 Å². The van der Waals surface area contributed by atoms with Crippen molar-refractivity contribution in [3.05, 3.63) is 76.8 Å². The van der Waals surface area contributed by atoms with Crippen LogP contribution in [0.1, 0.15) is 10.4 Å². The van der Waals surface area contributed by atoms with Crippen molar-refractivity contribution >= 4 is 38.4 Å². The lowest BCUT2D eigenvalue weighted by Crippen LogP contribution is -2.13. The van der Waals surface area contributed by atoms with Gasteiger partial charge in [-0.1, -0.05) is 40.2 Å². The average molecular weight is 493 g/mol. The van der Waals surface area contributed by atoms with Gasteiger partial charge >= 0.3 is 0 Å². The summed E-state index contributed by atoms with van der Waals surface area (Å²) in [7, 11) is 4.68. The average Bonchev–Trinajstić information content (AvgIpc) is 2.82. The summed E-state index contributed by atoms with van der Waals surface area (Å²) in [4.78, 5) is 18.0. The van der Waals surface area contributed by atoms with E-state index in [0.29, 0.717) is 39.7 Å². The van der Waals surface area contributed by atoms with Gasteiger partial charge < -0.3 is 19.5 Å². The van der Waals surface area contributed by atoms with Crippen molar-refractivity contribution in [2.24, 2.45) is 0 Å². The Morgan fingerprint density at radius 3 is 2.25 bits per heavy atom. The highest BCUT2D eigenvalue weighted by molar-refractivity contribution is 9.10. The van der Waals surface area contributed by atoms with Crippen LogP contribution in [0.3, 0.4) is 0 Å². The fourth-order valence-electron chi connectivity index (χ4n) is 3.50. The van der Waals surface area contributed by atoms with E-state index in [9.17, 15) is 4.79 Å². The molecule has 1 amide bonds. The zero-order valence-electron chi connectivity index (χ0n) is 17.8. The van der Waals surface area contributed by atoms with Crippen molar-refractivity contribution in [3.63, 3.8) is 0 Å². The van der Waals surface area contributed by atoms with Gasteiger partial charge in [-0.15, -0.1) is 0 Å². The predicted octanol–water partition coefficient (Wildman–Crippen LogP) is 5.94. The standard InChI is InChI=1S/C25H21BrN2O4/c1-30-22-11-15(12-23(31-2)24(22)32-3)21-14-19(18-9-4-5-10-20(18)28-21)25(29)27-17-8-6-7-16(26)13-17/h4-14H,1-3H3,(H,27,29). The van der Waals surface area contributed by atoms with Gasteiger partial charge in [-0.3, -0.25) is 4.79 Å². The molecule has 7 heteroatoms. The molecule has 0 bridgehead atoms. The Kier molecular flexibility index (Phi) is 6.28. The van der Waals surface area contributed by atoms with Gasteiger partial charge in [0.05, 0.1) is 38.1 Å². The van der Waals surface area contributed by atoms with E-state index in [2.05, 4.69) is 21.2 Å². The van der Waals surface area contributed by atoms with Crippen molar-refractivity contribution < 1.29 is 19.0 Å². The molecule has 0 spiro atoms. The first-order valence-electron chi connectivity index (χ1n) is 9.81. The van der Waals surface area contributed by atoms with Crippen LogP contribution in [0.25, 0.3) is 22.2 Å². The van der Waals surface area contributed by atoms with Crippen LogP contribution in [0.4, 0.5) is 5.69 Å². The van der Waals surface area contributed by atoms with E-state index in [1.807, 2.05) is 60.7 Å². The summed E-state index contributed by atoms with van der Waals surface area (Å²) >= 11 is 3.43. The Morgan fingerprint density at radius 1 is 0.875 bits per heavy atom. The molecule has 0 saturated carbocycles. The number of nitrogens with zero attached hydrogens (tertiary/aromatic N) is 1. The van der Waals surface area contributed by atoms with E-state index >= 15 is 0 Å². The number of halogens is 1. The number of fused-ring (bicyclic) bond motifs is 1. The summed E-state index contributed by atoms with van der Waals surface area (Å²) in [6, 6.07) is 20.4. The molecule has 32 heavy (non-hydrogen) atoms. The largest absolute Gasteiger partial charge is 0.493 e. The summed E-state index contributed by atoms with van der Waals surface area (Å²) in [6.07, 6.45) is 0. The number of rotatable bonds is 6. The summed E-state index contributed by atoms with van der Waals surface area (Å²) in [5.41, 5.74) is 3.26. The number of carbonyl (C=O) groups is 1. The summed E-state index contributed by atoms with van der Waals surface area (Å²) in [5.74, 6) is 1.29. The summed E-state index contributed by atoms with van der Waals surface area (Å²) in [5, 5.41) is 3.73. The molecule has 0 aliphatic rings. The first-order valence-corrected chi connectivity index (χ1v) is 10.6.